The van der Waals surface area contributed by atoms with Crippen LogP contribution in [0.1, 0.15) is 23.2 Å². The van der Waals surface area contributed by atoms with Crippen LogP contribution in [0.5, 0.6) is 0 Å². The fourth-order valence-electron chi connectivity index (χ4n) is 2.87. The highest BCUT2D eigenvalue weighted by Gasteiger charge is 2.39. The number of nitrogens with zero attached hydrogens (tertiary/aromatic N) is 2. The van der Waals surface area contributed by atoms with Crippen LogP contribution in [-0.2, 0) is 4.74 Å². The van der Waals surface area contributed by atoms with E-state index >= 15 is 0 Å². The van der Waals surface area contributed by atoms with Crippen molar-refractivity contribution in [2.45, 2.75) is 18.4 Å². The van der Waals surface area contributed by atoms with E-state index in [2.05, 4.69) is 10.3 Å². The van der Waals surface area contributed by atoms with Gasteiger partial charge in [-0.3, -0.25) is 9.78 Å². The number of hydrogen-bond acceptors (Lipinski definition) is 4. The molecule has 1 aromatic rings. The van der Waals surface area contributed by atoms with Crippen LogP contribution in [0.2, 0.25) is 0 Å². The van der Waals surface area contributed by atoms with E-state index in [1.807, 2.05) is 11.0 Å². The SMILES string of the molecule is O=C(c1cccnc1)N1CCOC2(CCNCC2)C1. The number of ether oxygens (including phenoxy) is 1. The van der Waals surface area contributed by atoms with E-state index in [9.17, 15) is 4.79 Å². The summed E-state index contributed by atoms with van der Waals surface area (Å²) in [5.41, 5.74) is 0.523. The summed E-state index contributed by atoms with van der Waals surface area (Å²) in [4.78, 5) is 18.4. The van der Waals surface area contributed by atoms with E-state index in [1.165, 1.54) is 0 Å². The van der Waals surface area contributed by atoms with Gasteiger partial charge in [-0.1, -0.05) is 0 Å². The van der Waals surface area contributed by atoms with Gasteiger partial charge < -0.3 is 15.0 Å². The molecule has 1 N–H and O–H groups in total. The normalized spacial score (nSPS) is 22.4. The Bertz CT molecular complexity index is 438. The molecule has 1 spiro atoms. The molecule has 102 valence electrons. The van der Waals surface area contributed by atoms with Crippen molar-refractivity contribution in [2.24, 2.45) is 0 Å². The van der Waals surface area contributed by atoms with Gasteiger partial charge in [0.25, 0.3) is 5.91 Å². The van der Waals surface area contributed by atoms with Gasteiger partial charge in [0.15, 0.2) is 0 Å². The van der Waals surface area contributed by atoms with Gasteiger partial charge in [-0.25, -0.2) is 0 Å². The summed E-state index contributed by atoms with van der Waals surface area (Å²) in [5, 5.41) is 3.34. The van der Waals surface area contributed by atoms with Gasteiger partial charge in [0.1, 0.15) is 0 Å². The summed E-state index contributed by atoms with van der Waals surface area (Å²) in [6, 6.07) is 3.62. The maximum absolute atomic E-state index is 12.4. The second-order valence-corrected chi connectivity index (χ2v) is 5.25. The first kappa shape index (κ1) is 12.6. The van der Waals surface area contributed by atoms with Crippen molar-refractivity contribution in [3.8, 4) is 0 Å². The number of aromatic nitrogens is 1. The standard InChI is InChI=1S/C14H19N3O2/c18-13(12-2-1-5-16-10-12)17-8-9-19-14(11-17)3-6-15-7-4-14/h1-2,5,10,15H,3-4,6-9,11H2. The molecule has 5 nitrogen and oxygen atoms in total. The zero-order chi connectivity index (χ0) is 13.1. The lowest BCUT2D eigenvalue weighted by atomic mass is 9.90. The summed E-state index contributed by atoms with van der Waals surface area (Å²) in [6.45, 7) is 3.93. The molecule has 3 heterocycles. The quantitative estimate of drug-likeness (QED) is 0.807. The van der Waals surface area contributed by atoms with Crippen molar-refractivity contribution in [3.63, 3.8) is 0 Å². The number of hydrogen-bond donors (Lipinski definition) is 1. The minimum atomic E-state index is -0.138. The molecule has 0 bridgehead atoms. The molecule has 5 heteroatoms. The highest BCUT2D eigenvalue weighted by molar-refractivity contribution is 5.94. The Morgan fingerprint density at radius 2 is 2.26 bits per heavy atom. The lowest BCUT2D eigenvalue weighted by Crippen LogP contribution is -2.57. The Labute approximate surface area is 113 Å². The molecular formula is C14H19N3O2. The van der Waals surface area contributed by atoms with E-state index in [0.717, 1.165) is 25.9 Å². The number of piperidine rings is 1. The minimum Gasteiger partial charge on any atom is -0.371 e. The average Bonchev–Trinajstić information content (AvgIpc) is 2.48. The predicted molar refractivity (Wildman–Crippen MR) is 70.9 cm³/mol. The second kappa shape index (κ2) is 5.27. The third kappa shape index (κ3) is 2.62. The van der Waals surface area contributed by atoms with Crippen molar-refractivity contribution in [2.75, 3.05) is 32.8 Å². The molecule has 2 aliphatic heterocycles. The van der Waals surface area contributed by atoms with Gasteiger partial charge in [-0.15, -0.1) is 0 Å². The van der Waals surface area contributed by atoms with E-state index in [0.29, 0.717) is 25.3 Å². The Morgan fingerprint density at radius 1 is 1.42 bits per heavy atom. The monoisotopic (exact) mass is 261 g/mol. The zero-order valence-electron chi connectivity index (χ0n) is 11.0. The van der Waals surface area contributed by atoms with Gasteiger partial charge >= 0.3 is 0 Å². The Kier molecular flexibility index (Phi) is 3.48. The summed E-state index contributed by atoms with van der Waals surface area (Å²) < 4.78 is 5.97. The van der Waals surface area contributed by atoms with Crippen molar-refractivity contribution < 1.29 is 9.53 Å². The van der Waals surface area contributed by atoms with E-state index in [4.69, 9.17) is 4.74 Å². The lowest BCUT2D eigenvalue weighted by Gasteiger charge is -2.45. The third-order valence-electron chi connectivity index (χ3n) is 3.96. The predicted octanol–water partition coefficient (Wildman–Crippen LogP) is 0.676. The number of rotatable bonds is 1. The molecule has 0 aliphatic carbocycles. The number of carbonyl (C=O) groups excluding carboxylic acids is 1. The average molecular weight is 261 g/mol. The zero-order valence-corrected chi connectivity index (χ0v) is 11.0. The Morgan fingerprint density at radius 3 is 3.00 bits per heavy atom. The first-order valence-electron chi connectivity index (χ1n) is 6.83. The molecule has 0 radical (unpaired) electrons. The maximum atomic E-state index is 12.4. The van der Waals surface area contributed by atoms with Gasteiger partial charge in [0.2, 0.25) is 0 Å². The molecule has 19 heavy (non-hydrogen) atoms. The number of nitrogens with one attached hydrogen (secondary N) is 1. The molecule has 0 atom stereocenters. The molecule has 0 aromatic carbocycles. The maximum Gasteiger partial charge on any atom is 0.255 e. The summed E-state index contributed by atoms with van der Waals surface area (Å²) in [7, 11) is 0. The van der Waals surface area contributed by atoms with Crippen LogP contribution in [0.25, 0.3) is 0 Å². The van der Waals surface area contributed by atoms with Gasteiger partial charge in [-0.2, -0.15) is 0 Å². The fourth-order valence-corrected chi connectivity index (χ4v) is 2.87. The molecule has 1 aromatic heterocycles. The number of carbonyl (C=O) groups is 1. The van der Waals surface area contributed by atoms with Crippen LogP contribution in [0, 0.1) is 0 Å². The molecule has 2 aliphatic rings. The number of amides is 1. The Hall–Kier alpha value is -1.46. The Balaban J connectivity index is 1.73. The molecule has 2 fully saturated rings. The second-order valence-electron chi connectivity index (χ2n) is 5.25. The molecule has 3 rings (SSSR count). The lowest BCUT2D eigenvalue weighted by molar-refractivity contribution is -0.114. The fraction of sp³-hybridized carbons (Fsp3) is 0.571. The topological polar surface area (TPSA) is 54.5 Å². The van der Waals surface area contributed by atoms with Crippen LogP contribution in [0.15, 0.2) is 24.5 Å². The first-order valence-corrected chi connectivity index (χ1v) is 6.83. The smallest absolute Gasteiger partial charge is 0.255 e. The highest BCUT2D eigenvalue weighted by Crippen LogP contribution is 2.28. The molecule has 0 unspecified atom stereocenters. The van der Waals surface area contributed by atoms with Gasteiger partial charge in [0.05, 0.1) is 24.3 Å². The molecule has 2 saturated heterocycles. The minimum absolute atomic E-state index is 0.0642. The van der Waals surface area contributed by atoms with Crippen molar-refractivity contribution >= 4 is 5.91 Å². The summed E-state index contributed by atoms with van der Waals surface area (Å²) >= 11 is 0. The molecular weight excluding hydrogens is 242 g/mol. The van der Waals surface area contributed by atoms with Crippen molar-refractivity contribution in [1.29, 1.82) is 0 Å². The van der Waals surface area contributed by atoms with E-state index in [-0.39, 0.29) is 11.5 Å². The van der Waals surface area contributed by atoms with Gasteiger partial charge in [-0.05, 0) is 38.1 Å². The van der Waals surface area contributed by atoms with Crippen LogP contribution < -0.4 is 5.32 Å². The first-order chi connectivity index (χ1) is 9.29. The van der Waals surface area contributed by atoms with Crippen LogP contribution in [-0.4, -0.2) is 54.2 Å². The summed E-state index contributed by atoms with van der Waals surface area (Å²) in [6.07, 6.45) is 5.27. The van der Waals surface area contributed by atoms with Crippen LogP contribution in [0.3, 0.4) is 0 Å². The number of pyridine rings is 1. The summed E-state index contributed by atoms with van der Waals surface area (Å²) in [5.74, 6) is 0.0642. The van der Waals surface area contributed by atoms with Crippen molar-refractivity contribution in [3.05, 3.63) is 30.1 Å². The van der Waals surface area contributed by atoms with Crippen molar-refractivity contribution in [1.82, 2.24) is 15.2 Å². The third-order valence-corrected chi connectivity index (χ3v) is 3.96. The highest BCUT2D eigenvalue weighted by atomic mass is 16.5. The van der Waals surface area contributed by atoms with Gasteiger partial charge in [0, 0.05) is 18.9 Å². The van der Waals surface area contributed by atoms with E-state index in [1.54, 1.807) is 18.5 Å². The largest absolute Gasteiger partial charge is 0.371 e. The molecule has 0 saturated carbocycles. The van der Waals surface area contributed by atoms with Crippen LogP contribution in [0.4, 0.5) is 0 Å². The van der Waals surface area contributed by atoms with Crippen LogP contribution >= 0.6 is 0 Å². The number of morpholine rings is 1. The molecule has 1 amide bonds. The van der Waals surface area contributed by atoms with E-state index < -0.39 is 0 Å².